The first-order valence-corrected chi connectivity index (χ1v) is 8.09. The molecule has 0 bridgehead atoms. The predicted molar refractivity (Wildman–Crippen MR) is 87.5 cm³/mol. The minimum atomic E-state index is -0.196. The second-order valence-electron chi connectivity index (χ2n) is 6.28. The molecule has 1 saturated carbocycles. The number of amides is 1. The Hall–Kier alpha value is -1.03. The summed E-state index contributed by atoms with van der Waals surface area (Å²) in [7, 11) is 0. The van der Waals surface area contributed by atoms with E-state index in [-0.39, 0.29) is 11.3 Å². The second-order valence-corrected chi connectivity index (χ2v) is 7.13. The fourth-order valence-corrected chi connectivity index (χ4v) is 3.60. The van der Waals surface area contributed by atoms with E-state index in [1.165, 1.54) is 0 Å². The van der Waals surface area contributed by atoms with Gasteiger partial charge in [-0.1, -0.05) is 26.7 Å². The number of carbonyl (C=O) groups is 1. The van der Waals surface area contributed by atoms with Crippen molar-refractivity contribution in [2.24, 2.45) is 11.3 Å². The lowest BCUT2D eigenvalue weighted by molar-refractivity contribution is -0.126. The first kappa shape index (κ1) is 15.4. The summed E-state index contributed by atoms with van der Waals surface area (Å²) in [5, 5.41) is 3.07. The van der Waals surface area contributed by atoms with Crippen LogP contribution >= 0.6 is 15.9 Å². The minimum absolute atomic E-state index is 0.148. The van der Waals surface area contributed by atoms with Crippen LogP contribution in [-0.4, -0.2) is 5.91 Å². The van der Waals surface area contributed by atoms with Gasteiger partial charge < -0.3 is 11.1 Å². The quantitative estimate of drug-likeness (QED) is 0.789. The van der Waals surface area contributed by atoms with Crippen molar-refractivity contribution in [1.29, 1.82) is 0 Å². The van der Waals surface area contributed by atoms with Crippen molar-refractivity contribution in [2.75, 3.05) is 11.1 Å². The highest BCUT2D eigenvalue weighted by molar-refractivity contribution is 9.10. The van der Waals surface area contributed by atoms with Crippen molar-refractivity contribution in [2.45, 2.75) is 46.0 Å². The average Bonchev–Trinajstić information content (AvgIpc) is 2.82. The molecular weight excluding hydrogens is 316 g/mol. The van der Waals surface area contributed by atoms with Crippen LogP contribution < -0.4 is 11.1 Å². The average molecular weight is 339 g/mol. The Bertz CT molecular complexity index is 493. The molecule has 2 rings (SSSR count). The topological polar surface area (TPSA) is 55.1 Å². The van der Waals surface area contributed by atoms with Crippen LogP contribution in [0.5, 0.6) is 0 Å². The normalized spacial score (nSPS) is 17.4. The molecule has 3 nitrogen and oxygen atoms in total. The molecule has 4 heteroatoms. The summed E-state index contributed by atoms with van der Waals surface area (Å²) in [6.07, 6.45) is 5.25. The van der Waals surface area contributed by atoms with Crippen LogP contribution in [-0.2, 0) is 4.79 Å². The van der Waals surface area contributed by atoms with Gasteiger partial charge in [0.15, 0.2) is 0 Å². The van der Waals surface area contributed by atoms with Crippen LogP contribution in [0.4, 0.5) is 11.4 Å². The van der Waals surface area contributed by atoms with E-state index in [9.17, 15) is 4.79 Å². The zero-order chi connectivity index (χ0) is 14.8. The van der Waals surface area contributed by atoms with Crippen molar-refractivity contribution in [3.63, 3.8) is 0 Å². The second kappa shape index (κ2) is 6.17. The van der Waals surface area contributed by atoms with Gasteiger partial charge in [-0.3, -0.25) is 4.79 Å². The number of benzene rings is 1. The van der Waals surface area contributed by atoms with E-state index >= 15 is 0 Å². The van der Waals surface area contributed by atoms with Gasteiger partial charge in [0.1, 0.15) is 0 Å². The number of anilines is 2. The number of carbonyl (C=O) groups excluding carboxylic acids is 1. The highest BCUT2D eigenvalue weighted by Crippen LogP contribution is 2.44. The van der Waals surface area contributed by atoms with Gasteiger partial charge in [-0.25, -0.2) is 0 Å². The van der Waals surface area contributed by atoms with Crippen molar-refractivity contribution in [3.8, 4) is 0 Å². The number of hydrogen-bond donors (Lipinski definition) is 2. The Labute approximate surface area is 129 Å². The van der Waals surface area contributed by atoms with Crippen LogP contribution in [0.15, 0.2) is 22.7 Å². The molecule has 1 fully saturated rings. The van der Waals surface area contributed by atoms with E-state index in [1.54, 1.807) is 6.07 Å². The molecule has 1 aliphatic carbocycles. The van der Waals surface area contributed by atoms with Gasteiger partial charge >= 0.3 is 0 Å². The van der Waals surface area contributed by atoms with Crippen molar-refractivity contribution in [1.82, 2.24) is 0 Å². The summed E-state index contributed by atoms with van der Waals surface area (Å²) in [6.45, 7) is 4.37. The van der Waals surface area contributed by atoms with Gasteiger partial charge in [0.05, 0.1) is 5.69 Å². The van der Waals surface area contributed by atoms with Gasteiger partial charge in [0.2, 0.25) is 5.91 Å². The molecule has 3 N–H and O–H groups in total. The van der Waals surface area contributed by atoms with Gasteiger partial charge in [-0.05, 0) is 59.3 Å². The molecule has 0 aromatic heterocycles. The van der Waals surface area contributed by atoms with E-state index < -0.39 is 0 Å². The summed E-state index contributed by atoms with van der Waals surface area (Å²) in [6, 6.07) is 5.49. The molecule has 1 aromatic rings. The monoisotopic (exact) mass is 338 g/mol. The Morgan fingerprint density at radius 3 is 2.65 bits per heavy atom. The van der Waals surface area contributed by atoms with Crippen molar-refractivity contribution in [3.05, 3.63) is 22.7 Å². The Balaban J connectivity index is 2.18. The highest BCUT2D eigenvalue weighted by Gasteiger charge is 2.41. The van der Waals surface area contributed by atoms with Crippen molar-refractivity contribution >= 4 is 33.2 Å². The fraction of sp³-hybridized carbons (Fsp3) is 0.562. The number of nitrogens with one attached hydrogen (secondary N) is 1. The van der Waals surface area contributed by atoms with Gasteiger partial charge in [0.25, 0.3) is 0 Å². The third-order valence-electron chi connectivity index (χ3n) is 4.08. The highest BCUT2D eigenvalue weighted by atomic mass is 79.9. The summed E-state index contributed by atoms with van der Waals surface area (Å²) in [5.41, 5.74) is 7.03. The zero-order valence-electron chi connectivity index (χ0n) is 12.2. The van der Waals surface area contributed by atoms with E-state index in [0.29, 0.717) is 11.6 Å². The predicted octanol–water partition coefficient (Wildman–Crippen LogP) is 4.58. The maximum atomic E-state index is 12.8. The largest absolute Gasteiger partial charge is 0.399 e. The fourth-order valence-electron chi connectivity index (χ4n) is 3.25. The molecule has 0 radical (unpaired) electrons. The van der Waals surface area contributed by atoms with Crippen LogP contribution in [0.1, 0.15) is 46.0 Å². The summed E-state index contributed by atoms with van der Waals surface area (Å²) in [5.74, 6) is 0.679. The standard InChI is InChI=1S/C16H23BrN2O/c1-11(2)10-16(7-3-4-8-16)15(20)19-14-9-12(18)5-6-13(14)17/h5-6,9,11H,3-4,7-8,10,18H2,1-2H3,(H,19,20). The number of nitrogen functional groups attached to an aromatic ring is 1. The molecule has 0 unspecified atom stereocenters. The molecule has 1 amide bonds. The van der Waals surface area contributed by atoms with E-state index in [1.807, 2.05) is 12.1 Å². The van der Waals surface area contributed by atoms with Crippen molar-refractivity contribution < 1.29 is 4.79 Å². The lowest BCUT2D eigenvalue weighted by Crippen LogP contribution is -2.35. The molecular formula is C16H23BrN2O. The zero-order valence-corrected chi connectivity index (χ0v) is 13.8. The smallest absolute Gasteiger partial charge is 0.230 e. The number of halogens is 1. The SMILES string of the molecule is CC(C)CC1(C(=O)Nc2cc(N)ccc2Br)CCCC1. The van der Waals surface area contributed by atoms with Gasteiger partial charge in [-0.15, -0.1) is 0 Å². The summed E-state index contributed by atoms with van der Waals surface area (Å²) in [4.78, 5) is 12.8. The molecule has 1 aromatic carbocycles. The maximum absolute atomic E-state index is 12.8. The number of rotatable bonds is 4. The molecule has 0 spiro atoms. The Morgan fingerprint density at radius 1 is 1.40 bits per heavy atom. The molecule has 1 aliphatic rings. The van der Waals surface area contributed by atoms with Crippen LogP contribution in [0.25, 0.3) is 0 Å². The Morgan fingerprint density at radius 2 is 2.05 bits per heavy atom. The minimum Gasteiger partial charge on any atom is -0.399 e. The third-order valence-corrected chi connectivity index (χ3v) is 4.77. The lowest BCUT2D eigenvalue weighted by Gasteiger charge is -2.29. The lowest BCUT2D eigenvalue weighted by atomic mass is 9.77. The van der Waals surface area contributed by atoms with E-state index in [4.69, 9.17) is 5.73 Å². The van der Waals surface area contributed by atoms with E-state index in [0.717, 1.165) is 42.3 Å². The molecule has 110 valence electrons. The van der Waals surface area contributed by atoms with Crippen LogP contribution in [0.3, 0.4) is 0 Å². The Kier molecular flexibility index (Phi) is 4.74. The summed E-state index contributed by atoms with van der Waals surface area (Å²) >= 11 is 3.47. The molecule has 0 heterocycles. The first-order valence-electron chi connectivity index (χ1n) is 7.29. The van der Waals surface area contributed by atoms with Crippen LogP contribution in [0, 0.1) is 11.3 Å². The molecule has 0 saturated heterocycles. The van der Waals surface area contributed by atoms with Gasteiger partial charge in [0, 0.05) is 15.6 Å². The number of nitrogens with two attached hydrogens (primary N) is 1. The van der Waals surface area contributed by atoms with E-state index in [2.05, 4.69) is 35.1 Å². The number of hydrogen-bond acceptors (Lipinski definition) is 2. The summed E-state index contributed by atoms with van der Waals surface area (Å²) < 4.78 is 0.873. The molecule has 20 heavy (non-hydrogen) atoms. The maximum Gasteiger partial charge on any atom is 0.230 e. The van der Waals surface area contributed by atoms with Gasteiger partial charge in [-0.2, -0.15) is 0 Å². The molecule has 0 atom stereocenters. The third kappa shape index (κ3) is 3.35. The first-order chi connectivity index (χ1) is 9.43. The van der Waals surface area contributed by atoms with Crippen LogP contribution in [0.2, 0.25) is 0 Å². The molecule has 0 aliphatic heterocycles.